The zero-order chi connectivity index (χ0) is 14.6. The van der Waals surface area contributed by atoms with E-state index in [-0.39, 0.29) is 19.7 Å². The second-order valence-electron chi connectivity index (χ2n) is 3.68. The van der Waals surface area contributed by atoms with E-state index in [4.69, 9.17) is 9.66 Å². The lowest BCUT2D eigenvalue weighted by Gasteiger charge is -2.40. The van der Waals surface area contributed by atoms with Gasteiger partial charge in [0.1, 0.15) is 0 Å². The first-order valence-corrected chi connectivity index (χ1v) is 6.84. The molecule has 0 saturated carbocycles. The van der Waals surface area contributed by atoms with Crippen LogP contribution >= 0.6 is 0 Å². The van der Waals surface area contributed by atoms with Crippen LogP contribution in [-0.2, 0) is 10.1 Å². The molecule has 1 unspecified atom stereocenters. The Bertz CT molecular complexity index is 431. The summed E-state index contributed by atoms with van der Waals surface area (Å²) in [5.41, 5.74) is 0. The predicted molar refractivity (Wildman–Crippen MR) is 61.9 cm³/mol. The smallest absolute Gasteiger partial charge is 0.395 e. The fourth-order valence-corrected chi connectivity index (χ4v) is 1.73. The Morgan fingerprint density at radius 2 is 1.95 bits per heavy atom. The Hall–Kier alpha value is -0.920. The summed E-state index contributed by atoms with van der Waals surface area (Å²) in [4.78, 5) is 2.83. The third-order valence-electron chi connectivity index (χ3n) is 2.10. The van der Waals surface area contributed by atoms with E-state index in [1.54, 1.807) is 5.32 Å². The zero-order valence-electron chi connectivity index (χ0n) is 9.73. The molecule has 1 aliphatic rings. The average Bonchev–Trinajstić information content (AvgIpc) is 2.23. The molecule has 19 heavy (non-hydrogen) atoms. The molecule has 1 heterocycles. The van der Waals surface area contributed by atoms with Crippen LogP contribution in [-0.4, -0.2) is 61.9 Å². The number of alkyl halides is 2. The molecule has 0 aromatic rings. The maximum atomic E-state index is 13.1. The van der Waals surface area contributed by atoms with Gasteiger partial charge in [0, 0.05) is 13.1 Å². The van der Waals surface area contributed by atoms with Crippen molar-refractivity contribution in [1.29, 1.82) is 0 Å². The van der Waals surface area contributed by atoms with E-state index < -0.39 is 28.0 Å². The summed E-state index contributed by atoms with van der Waals surface area (Å²) in [6.07, 6.45) is -2.83. The van der Waals surface area contributed by atoms with Crippen LogP contribution in [0.4, 0.5) is 8.78 Å². The van der Waals surface area contributed by atoms with Gasteiger partial charge in [-0.15, -0.1) is 0 Å². The molecule has 112 valence electrons. The van der Waals surface area contributed by atoms with Crippen LogP contribution in [0.3, 0.4) is 0 Å². The first-order chi connectivity index (χ1) is 8.68. The quantitative estimate of drug-likeness (QED) is 0.172. The highest BCUT2D eigenvalue weighted by Gasteiger charge is 2.43. The number of nitrogens with zero attached hydrogens (tertiary/aromatic N) is 1. The summed E-state index contributed by atoms with van der Waals surface area (Å²) in [5, 5.41) is 17.8. The van der Waals surface area contributed by atoms with E-state index in [1.165, 1.54) is 0 Å². The molecule has 1 rings (SSSR count). The summed E-state index contributed by atoms with van der Waals surface area (Å²) in [6, 6.07) is 0. The van der Waals surface area contributed by atoms with Crippen molar-refractivity contribution in [1.82, 2.24) is 21.3 Å². The van der Waals surface area contributed by atoms with Gasteiger partial charge in [-0.05, 0) is 0 Å². The maximum absolute atomic E-state index is 13.1. The number of aliphatic hydroxyl groups is 1. The molecule has 0 amide bonds. The van der Waals surface area contributed by atoms with E-state index in [1.807, 2.05) is 0 Å². The third-order valence-corrected chi connectivity index (χ3v) is 2.82. The van der Waals surface area contributed by atoms with Crippen LogP contribution < -0.4 is 21.3 Å². The molecule has 0 spiro atoms. The van der Waals surface area contributed by atoms with Crippen molar-refractivity contribution < 1.29 is 26.9 Å². The molecule has 0 aromatic heterocycles. The highest BCUT2D eigenvalue weighted by molar-refractivity contribution is 7.85. The number of aliphatic hydroxyl groups excluding tert-OH is 1. The highest BCUT2D eigenvalue weighted by atomic mass is 32.2. The molecule has 1 atom stereocenters. The largest absolute Gasteiger partial charge is 0.411 e. The van der Waals surface area contributed by atoms with Gasteiger partial charge in [-0.2, -0.15) is 27.5 Å². The number of nitrogens with one attached hydrogen (secondary N) is 4. The first kappa shape index (κ1) is 16.1. The molecular formula is C7H15F2N5O4S. The summed E-state index contributed by atoms with van der Waals surface area (Å²) >= 11 is 0. The number of hydrogen-bond acceptors (Lipinski definition) is 8. The van der Waals surface area contributed by atoms with E-state index in [2.05, 4.69) is 20.9 Å². The van der Waals surface area contributed by atoms with Crippen molar-refractivity contribution >= 4 is 16.5 Å². The number of hydrogen-bond donors (Lipinski definition) is 6. The summed E-state index contributed by atoms with van der Waals surface area (Å²) in [7, 11) is -4.22. The van der Waals surface area contributed by atoms with Crippen LogP contribution in [0.5, 0.6) is 0 Å². The van der Waals surface area contributed by atoms with E-state index in [0.717, 1.165) is 6.34 Å². The van der Waals surface area contributed by atoms with E-state index >= 15 is 0 Å². The van der Waals surface area contributed by atoms with Crippen LogP contribution in [0.2, 0.25) is 0 Å². The summed E-state index contributed by atoms with van der Waals surface area (Å²) in [5.74, 6) is -2.42. The van der Waals surface area contributed by atoms with Gasteiger partial charge in [-0.25, -0.2) is 0 Å². The Morgan fingerprint density at radius 1 is 1.32 bits per heavy atom. The zero-order valence-corrected chi connectivity index (χ0v) is 10.5. The number of aliphatic imine (C=N–C) groups is 1. The van der Waals surface area contributed by atoms with Crippen LogP contribution in [0.15, 0.2) is 4.99 Å². The van der Waals surface area contributed by atoms with Crippen LogP contribution in [0.1, 0.15) is 0 Å². The van der Waals surface area contributed by atoms with Crippen molar-refractivity contribution in [2.75, 3.05) is 25.4 Å². The Morgan fingerprint density at radius 3 is 2.47 bits per heavy atom. The van der Waals surface area contributed by atoms with Crippen molar-refractivity contribution in [3.63, 3.8) is 0 Å². The van der Waals surface area contributed by atoms with Crippen molar-refractivity contribution in [3.05, 3.63) is 0 Å². The molecule has 0 radical (unpaired) electrons. The van der Waals surface area contributed by atoms with Gasteiger partial charge in [0.15, 0.2) is 0 Å². The maximum Gasteiger partial charge on any atom is 0.411 e. The molecule has 0 fully saturated rings. The number of halogens is 2. The molecule has 6 N–H and O–H groups in total. The van der Waals surface area contributed by atoms with Gasteiger partial charge in [-0.1, -0.05) is 0 Å². The molecule has 1 aliphatic heterocycles. The second kappa shape index (κ2) is 6.02. The summed E-state index contributed by atoms with van der Waals surface area (Å²) in [6.45, 7) is -0.697. The second-order valence-corrected chi connectivity index (χ2v) is 5.25. The van der Waals surface area contributed by atoms with Gasteiger partial charge in [-0.3, -0.25) is 15.2 Å². The number of rotatable bonds is 7. The lowest BCUT2D eigenvalue weighted by molar-refractivity contribution is -0.0824. The average molecular weight is 303 g/mol. The van der Waals surface area contributed by atoms with Gasteiger partial charge in [0.25, 0.3) is 10.1 Å². The molecule has 0 bridgehead atoms. The Balaban J connectivity index is 2.69. The van der Waals surface area contributed by atoms with Gasteiger partial charge in [0.05, 0.1) is 18.7 Å². The molecule has 12 heteroatoms. The molecule has 9 nitrogen and oxygen atoms in total. The van der Waals surface area contributed by atoms with E-state index in [9.17, 15) is 17.2 Å². The van der Waals surface area contributed by atoms with Gasteiger partial charge >= 0.3 is 6.17 Å². The minimum Gasteiger partial charge on any atom is -0.395 e. The lowest BCUT2D eigenvalue weighted by atomic mass is 10.4. The topological polar surface area (TPSA) is 135 Å². The van der Waals surface area contributed by atoms with Crippen LogP contribution in [0.25, 0.3) is 0 Å². The minimum absolute atomic E-state index is 0.0528. The van der Waals surface area contributed by atoms with E-state index in [0.29, 0.717) is 0 Å². The molecule has 0 saturated heterocycles. The molecular weight excluding hydrogens is 288 g/mol. The first-order valence-electron chi connectivity index (χ1n) is 5.23. The standard InChI is InChI=1S/C7H15F2N5O4S/c8-6(9)12-5-13-7(14-6,10-1-3-15)11-2-4-19(16,17)18/h5,10-11,14-15H,1-4H2,(H,12,13)(H,16,17,18). The normalized spacial score (nSPS) is 26.1. The molecule has 0 aliphatic carbocycles. The van der Waals surface area contributed by atoms with Crippen molar-refractivity contribution in [3.8, 4) is 0 Å². The lowest BCUT2D eigenvalue weighted by Crippen LogP contribution is -2.79. The van der Waals surface area contributed by atoms with Crippen molar-refractivity contribution in [2.45, 2.75) is 12.1 Å². The Kier molecular flexibility index (Phi) is 5.11. The summed E-state index contributed by atoms with van der Waals surface area (Å²) < 4.78 is 55.9. The fraction of sp³-hybridized carbons (Fsp3) is 0.857. The fourth-order valence-electron chi connectivity index (χ4n) is 1.37. The van der Waals surface area contributed by atoms with Gasteiger partial charge < -0.3 is 10.4 Å². The monoisotopic (exact) mass is 303 g/mol. The molecule has 0 aromatic carbocycles. The Labute approximate surface area is 108 Å². The third kappa shape index (κ3) is 5.71. The predicted octanol–water partition coefficient (Wildman–Crippen LogP) is -2.57. The minimum atomic E-state index is -4.22. The highest BCUT2D eigenvalue weighted by Crippen LogP contribution is 2.15. The SMILES string of the molecule is O=S(=O)(O)CCNC1(NCCO)NC=NC(F)(F)N1. The van der Waals surface area contributed by atoms with Crippen LogP contribution in [0, 0.1) is 0 Å². The van der Waals surface area contributed by atoms with Crippen molar-refractivity contribution in [2.24, 2.45) is 4.99 Å². The van der Waals surface area contributed by atoms with Gasteiger partial charge in [0.2, 0.25) is 5.91 Å².